The first-order chi connectivity index (χ1) is 10.3. The van der Waals surface area contributed by atoms with Gasteiger partial charge in [0, 0.05) is 6.04 Å². The van der Waals surface area contributed by atoms with Gasteiger partial charge >= 0.3 is 0 Å². The molecule has 3 heteroatoms. The second-order valence-corrected chi connectivity index (χ2v) is 6.20. The summed E-state index contributed by atoms with van der Waals surface area (Å²) in [5, 5.41) is 0. The average Bonchev–Trinajstić information content (AvgIpc) is 3.23. The third-order valence-corrected chi connectivity index (χ3v) is 5.16. The SMILES string of the molecule is NNC(c1cccc(F)c1)C1C2CCc3ccccc3C21. The maximum Gasteiger partial charge on any atom is 0.123 e. The smallest absolute Gasteiger partial charge is 0.123 e. The molecule has 3 N–H and O–H groups in total. The third kappa shape index (κ3) is 2.08. The van der Waals surface area contributed by atoms with Crippen molar-refractivity contribution in [2.45, 2.75) is 24.8 Å². The van der Waals surface area contributed by atoms with Gasteiger partial charge in [0.05, 0.1) is 0 Å². The van der Waals surface area contributed by atoms with Crippen LogP contribution in [-0.4, -0.2) is 0 Å². The molecule has 0 saturated heterocycles. The van der Waals surface area contributed by atoms with Gasteiger partial charge in [-0.25, -0.2) is 4.39 Å². The monoisotopic (exact) mass is 282 g/mol. The number of rotatable bonds is 3. The van der Waals surface area contributed by atoms with E-state index < -0.39 is 0 Å². The molecule has 2 aromatic rings. The highest BCUT2D eigenvalue weighted by Crippen LogP contribution is 2.64. The zero-order valence-electron chi connectivity index (χ0n) is 11.8. The first-order valence-electron chi connectivity index (χ1n) is 7.59. The molecule has 1 fully saturated rings. The minimum atomic E-state index is -0.197. The Morgan fingerprint density at radius 3 is 2.81 bits per heavy atom. The second kappa shape index (κ2) is 4.93. The summed E-state index contributed by atoms with van der Waals surface area (Å²) in [5.41, 5.74) is 6.82. The fourth-order valence-electron chi connectivity index (χ4n) is 4.20. The minimum Gasteiger partial charge on any atom is -0.271 e. The van der Waals surface area contributed by atoms with E-state index in [4.69, 9.17) is 5.84 Å². The molecule has 108 valence electrons. The van der Waals surface area contributed by atoms with E-state index in [2.05, 4.69) is 29.7 Å². The summed E-state index contributed by atoms with van der Waals surface area (Å²) < 4.78 is 13.5. The molecule has 0 spiro atoms. The van der Waals surface area contributed by atoms with Crippen LogP contribution in [0.2, 0.25) is 0 Å². The van der Waals surface area contributed by atoms with Crippen molar-refractivity contribution in [2.75, 3.05) is 0 Å². The van der Waals surface area contributed by atoms with E-state index in [1.807, 2.05) is 6.07 Å². The zero-order chi connectivity index (χ0) is 14.4. The first kappa shape index (κ1) is 13.0. The maximum absolute atomic E-state index is 13.5. The van der Waals surface area contributed by atoms with Crippen LogP contribution in [-0.2, 0) is 6.42 Å². The molecule has 21 heavy (non-hydrogen) atoms. The van der Waals surface area contributed by atoms with Crippen molar-refractivity contribution in [1.29, 1.82) is 0 Å². The quantitative estimate of drug-likeness (QED) is 0.669. The van der Waals surface area contributed by atoms with Crippen molar-refractivity contribution in [3.8, 4) is 0 Å². The number of aryl methyl sites for hydroxylation is 1. The molecule has 0 amide bonds. The summed E-state index contributed by atoms with van der Waals surface area (Å²) in [7, 11) is 0. The normalized spacial score (nSPS) is 27.6. The number of hydrogen-bond donors (Lipinski definition) is 2. The largest absolute Gasteiger partial charge is 0.271 e. The molecule has 0 bridgehead atoms. The Morgan fingerprint density at radius 2 is 2.00 bits per heavy atom. The van der Waals surface area contributed by atoms with Crippen molar-refractivity contribution in [3.63, 3.8) is 0 Å². The van der Waals surface area contributed by atoms with Crippen LogP contribution in [0, 0.1) is 17.7 Å². The molecule has 2 nitrogen and oxygen atoms in total. The second-order valence-electron chi connectivity index (χ2n) is 6.20. The van der Waals surface area contributed by atoms with E-state index in [-0.39, 0.29) is 11.9 Å². The van der Waals surface area contributed by atoms with Crippen LogP contribution in [0.25, 0.3) is 0 Å². The molecule has 2 aliphatic rings. The lowest BCUT2D eigenvalue weighted by Crippen LogP contribution is -2.30. The van der Waals surface area contributed by atoms with Crippen molar-refractivity contribution in [3.05, 3.63) is 71.0 Å². The number of hydrazine groups is 1. The molecular formula is C18H19FN2. The fraction of sp³-hybridized carbons (Fsp3) is 0.333. The number of benzene rings is 2. The van der Waals surface area contributed by atoms with E-state index in [1.165, 1.54) is 23.6 Å². The molecule has 4 rings (SSSR count). The van der Waals surface area contributed by atoms with Crippen LogP contribution < -0.4 is 11.3 Å². The van der Waals surface area contributed by atoms with Crippen LogP contribution in [0.5, 0.6) is 0 Å². The van der Waals surface area contributed by atoms with Crippen LogP contribution in [0.15, 0.2) is 48.5 Å². The van der Waals surface area contributed by atoms with Gasteiger partial charge in [0.2, 0.25) is 0 Å². The summed E-state index contributed by atoms with van der Waals surface area (Å²) in [6.07, 6.45) is 2.36. The van der Waals surface area contributed by atoms with E-state index >= 15 is 0 Å². The van der Waals surface area contributed by atoms with Crippen LogP contribution in [0.4, 0.5) is 4.39 Å². The van der Waals surface area contributed by atoms with Crippen LogP contribution >= 0.6 is 0 Å². The summed E-state index contributed by atoms with van der Waals surface area (Å²) >= 11 is 0. The molecule has 0 aliphatic heterocycles. The van der Waals surface area contributed by atoms with Crippen molar-refractivity contribution >= 4 is 0 Å². The Morgan fingerprint density at radius 1 is 1.14 bits per heavy atom. The lowest BCUT2D eigenvalue weighted by Gasteiger charge is -2.17. The standard InChI is InChI=1S/C18H19FN2/c19-13-6-3-5-12(10-13)18(21-20)17-15-9-8-11-4-1-2-7-14(11)16(15)17/h1-7,10,15-18,21H,8-9,20H2. The zero-order valence-corrected chi connectivity index (χ0v) is 11.8. The third-order valence-electron chi connectivity index (χ3n) is 5.16. The van der Waals surface area contributed by atoms with Crippen LogP contribution in [0.1, 0.15) is 35.1 Å². The fourth-order valence-corrected chi connectivity index (χ4v) is 4.20. The van der Waals surface area contributed by atoms with Gasteiger partial charge in [-0.3, -0.25) is 11.3 Å². The molecular weight excluding hydrogens is 263 g/mol. The first-order valence-corrected chi connectivity index (χ1v) is 7.59. The highest BCUT2D eigenvalue weighted by Gasteiger charge is 2.56. The van der Waals surface area contributed by atoms with Gasteiger partial charge in [-0.1, -0.05) is 36.4 Å². The van der Waals surface area contributed by atoms with Crippen molar-refractivity contribution < 1.29 is 4.39 Å². The number of fused-ring (bicyclic) bond motifs is 3. The molecule has 0 radical (unpaired) electrons. The van der Waals surface area contributed by atoms with Crippen molar-refractivity contribution in [2.24, 2.45) is 17.7 Å². The topological polar surface area (TPSA) is 38.0 Å². The van der Waals surface area contributed by atoms with Gasteiger partial charge in [0.1, 0.15) is 5.82 Å². The van der Waals surface area contributed by atoms with Crippen LogP contribution in [0.3, 0.4) is 0 Å². The Labute approximate surface area is 124 Å². The Balaban J connectivity index is 1.66. The van der Waals surface area contributed by atoms with E-state index in [0.717, 1.165) is 12.0 Å². The van der Waals surface area contributed by atoms with Crippen molar-refractivity contribution in [1.82, 2.24) is 5.43 Å². The average molecular weight is 282 g/mol. The molecule has 2 aromatic carbocycles. The predicted octanol–water partition coefficient (Wildman–Crippen LogP) is 3.31. The van der Waals surface area contributed by atoms with Gasteiger partial charge < -0.3 is 0 Å². The highest BCUT2D eigenvalue weighted by molar-refractivity contribution is 5.41. The maximum atomic E-state index is 13.5. The summed E-state index contributed by atoms with van der Waals surface area (Å²) in [6, 6.07) is 15.5. The number of halogens is 1. The van der Waals surface area contributed by atoms with Gasteiger partial charge in [-0.15, -0.1) is 0 Å². The molecule has 4 unspecified atom stereocenters. The van der Waals surface area contributed by atoms with E-state index in [1.54, 1.807) is 12.1 Å². The predicted molar refractivity (Wildman–Crippen MR) is 80.9 cm³/mol. The Bertz CT molecular complexity index is 670. The van der Waals surface area contributed by atoms with Gasteiger partial charge in [-0.2, -0.15) is 0 Å². The Kier molecular flexibility index (Phi) is 3.05. The molecule has 1 saturated carbocycles. The molecule has 2 aliphatic carbocycles. The number of nitrogens with two attached hydrogens (primary N) is 1. The highest BCUT2D eigenvalue weighted by atomic mass is 19.1. The Hall–Kier alpha value is -1.71. The van der Waals surface area contributed by atoms with E-state index in [0.29, 0.717) is 17.8 Å². The molecule has 0 aromatic heterocycles. The number of nitrogens with one attached hydrogen (secondary N) is 1. The summed E-state index contributed by atoms with van der Waals surface area (Å²) in [4.78, 5) is 0. The summed E-state index contributed by atoms with van der Waals surface area (Å²) in [5.74, 6) is 7.31. The number of hydrogen-bond acceptors (Lipinski definition) is 2. The van der Waals surface area contributed by atoms with Gasteiger partial charge in [0.25, 0.3) is 0 Å². The molecule has 4 atom stereocenters. The molecule has 0 heterocycles. The lowest BCUT2D eigenvalue weighted by molar-refractivity contribution is 0.457. The van der Waals surface area contributed by atoms with Gasteiger partial charge in [0.15, 0.2) is 0 Å². The van der Waals surface area contributed by atoms with Gasteiger partial charge in [-0.05, 0) is 59.4 Å². The minimum absolute atomic E-state index is 0.0295. The van der Waals surface area contributed by atoms with E-state index in [9.17, 15) is 4.39 Å². The lowest BCUT2D eigenvalue weighted by atomic mass is 9.92. The summed E-state index contributed by atoms with van der Waals surface area (Å²) in [6.45, 7) is 0.